The molecule has 0 aromatic carbocycles. The predicted octanol–water partition coefficient (Wildman–Crippen LogP) is 2.70. The lowest BCUT2D eigenvalue weighted by Crippen LogP contribution is -2.16. The van der Waals surface area contributed by atoms with E-state index in [2.05, 4.69) is 34.3 Å². The van der Waals surface area contributed by atoms with E-state index in [-0.39, 0.29) is 0 Å². The van der Waals surface area contributed by atoms with Gasteiger partial charge >= 0.3 is 0 Å². The molecule has 2 aromatic heterocycles. The largest absolute Gasteiger partial charge is 0.340 e. The Hall–Kier alpha value is -1.13. The van der Waals surface area contributed by atoms with E-state index in [0.717, 1.165) is 24.1 Å². The van der Waals surface area contributed by atoms with E-state index in [1.54, 1.807) is 11.3 Å². The second-order valence-electron chi connectivity index (χ2n) is 4.31. The van der Waals surface area contributed by atoms with Gasteiger partial charge < -0.3 is 10.3 Å². The molecule has 0 spiro atoms. The van der Waals surface area contributed by atoms with Crippen molar-refractivity contribution in [2.45, 2.75) is 32.4 Å². The van der Waals surface area contributed by atoms with Gasteiger partial charge in [-0.3, -0.25) is 0 Å². The zero-order chi connectivity index (χ0) is 11.0. The highest BCUT2D eigenvalue weighted by molar-refractivity contribution is 7.15. The molecule has 2 heterocycles. The predicted molar refractivity (Wildman–Crippen MR) is 66.5 cm³/mol. The quantitative estimate of drug-likeness (QED) is 0.852. The van der Waals surface area contributed by atoms with Gasteiger partial charge in [0.25, 0.3) is 0 Å². The number of hydrogen-bond acceptors (Lipinski definition) is 3. The van der Waals surface area contributed by atoms with Crippen molar-refractivity contribution < 1.29 is 0 Å². The maximum Gasteiger partial charge on any atom is 0.120 e. The standard InChI is InChI=1S/C12H15N3S/c1-8-2-5-11(16-8)10-6-14-12(15-10)7-13-9-3-4-9/h2,5-6,9,13H,3-4,7H2,1H3,(H,14,15). The van der Waals surface area contributed by atoms with Crippen LogP contribution >= 0.6 is 11.3 Å². The summed E-state index contributed by atoms with van der Waals surface area (Å²) >= 11 is 1.80. The van der Waals surface area contributed by atoms with Crippen LogP contribution in [0.2, 0.25) is 0 Å². The Balaban J connectivity index is 1.71. The number of aromatic nitrogens is 2. The summed E-state index contributed by atoms with van der Waals surface area (Å²) in [5.41, 5.74) is 1.13. The van der Waals surface area contributed by atoms with Gasteiger partial charge in [0.05, 0.1) is 23.3 Å². The van der Waals surface area contributed by atoms with Crippen LogP contribution in [-0.2, 0) is 6.54 Å². The third-order valence-corrected chi connectivity index (χ3v) is 3.80. The Bertz CT molecular complexity index is 482. The number of nitrogens with one attached hydrogen (secondary N) is 2. The zero-order valence-corrected chi connectivity index (χ0v) is 10.1. The third kappa shape index (κ3) is 2.18. The van der Waals surface area contributed by atoms with Gasteiger partial charge in [-0.1, -0.05) is 0 Å². The number of rotatable bonds is 4. The lowest BCUT2D eigenvalue weighted by molar-refractivity contribution is 0.664. The highest BCUT2D eigenvalue weighted by atomic mass is 32.1. The van der Waals surface area contributed by atoms with E-state index in [1.165, 1.54) is 22.6 Å². The molecule has 1 fully saturated rings. The number of H-pyrrole nitrogens is 1. The molecule has 1 aliphatic carbocycles. The van der Waals surface area contributed by atoms with Gasteiger partial charge in [0.2, 0.25) is 0 Å². The minimum absolute atomic E-state index is 0.734. The van der Waals surface area contributed by atoms with E-state index in [9.17, 15) is 0 Å². The zero-order valence-electron chi connectivity index (χ0n) is 9.29. The van der Waals surface area contributed by atoms with E-state index >= 15 is 0 Å². The first-order valence-electron chi connectivity index (χ1n) is 5.65. The second-order valence-corrected chi connectivity index (χ2v) is 5.60. The van der Waals surface area contributed by atoms with Crippen LogP contribution < -0.4 is 5.32 Å². The highest BCUT2D eigenvalue weighted by Crippen LogP contribution is 2.26. The van der Waals surface area contributed by atoms with E-state index in [1.807, 2.05) is 6.20 Å². The van der Waals surface area contributed by atoms with Crippen molar-refractivity contribution in [1.82, 2.24) is 15.3 Å². The molecular weight excluding hydrogens is 218 g/mol. The summed E-state index contributed by atoms with van der Waals surface area (Å²) in [6.45, 7) is 2.98. The molecule has 84 valence electrons. The van der Waals surface area contributed by atoms with Crippen molar-refractivity contribution in [2.24, 2.45) is 0 Å². The molecular formula is C12H15N3S. The van der Waals surface area contributed by atoms with Crippen LogP contribution in [0, 0.1) is 6.92 Å². The van der Waals surface area contributed by atoms with Crippen LogP contribution in [0.25, 0.3) is 10.6 Å². The van der Waals surface area contributed by atoms with Gasteiger partial charge in [0.1, 0.15) is 5.82 Å². The molecule has 2 aromatic rings. The normalized spacial score (nSPS) is 15.6. The minimum Gasteiger partial charge on any atom is -0.340 e. The molecule has 0 unspecified atom stereocenters. The fraction of sp³-hybridized carbons (Fsp3) is 0.417. The van der Waals surface area contributed by atoms with Gasteiger partial charge in [-0.25, -0.2) is 4.98 Å². The lowest BCUT2D eigenvalue weighted by Gasteiger charge is -1.97. The van der Waals surface area contributed by atoms with Crippen molar-refractivity contribution in [2.75, 3.05) is 0 Å². The molecule has 0 bridgehead atoms. The molecule has 0 atom stereocenters. The van der Waals surface area contributed by atoms with Crippen LogP contribution in [-0.4, -0.2) is 16.0 Å². The average Bonchev–Trinajstić information content (AvgIpc) is 2.81. The molecule has 4 heteroatoms. The van der Waals surface area contributed by atoms with Crippen LogP contribution in [0.5, 0.6) is 0 Å². The van der Waals surface area contributed by atoms with Crippen molar-refractivity contribution in [1.29, 1.82) is 0 Å². The van der Waals surface area contributed by atoms with Gasteiger partial charge in [-0.15, -0.1) is 11.3 Å². The van der Waals surface area contributed by atoms with Crippen molar-refractivity contribution in [3.05, 3.63) is 29.0 Å². The summed E-state index contributed by atoms with van der Waals surface area (Å²) in [5, 5.41) is 3.45. The molecule has 2 N–H and O–H groups in total. The maximum absolute atomic E-state index is 4.39. The molecule has 0 saturated heterocycles. The number of thiophene rings is 1. The summed E-state index contributed by atoms with van der Waals surface area (Å²) in [6.07, 6.45) is 4.56. The average molecular weight is 233 g/mol. The summed E-state index contributed by atoms with van der Waals surface area (Å²) in [7, 11) is 0. The molecule has 3 rings (SSSR count). The van der Waals surface area contributed by atoms with Gasteiger partial charge in [0.15, 0.2) is 0 Å². The number of aromatic amines is 1. The fourth-order valence-electron chi connectivity index (χ4n) is 1.69. The molecule has 16 heavy (non-hydrogen) atoms. The molecule has 0 radical (unpaired) electrons. The monoisotopic (exact) mass is 233 g/mol. The van der Waals surface area contributed by atoms with Gasteiger partial charge in [0, 0.05) is 10.9 Å². The number of aryl methyl sites for hydroxylation is 1. The Morgan fingerprint density at radius 3 is 3.06 bits per heavy atom. The Morgan fingerprint density at radius 2 is 2.38 bits per heavy atom. The van der Waals surface area contributed by atoms with Crippen molar-refractivity contribution in [3.8, 4) is 10.6 Å². The molecule has 3 nitrogen and oxygen atoms in total. The SMILES string of the molecule is Cc1ccc(-c2cnc(CNC3CC3)[nH]2)s1. The van der Waals surface area contributed by atoms with Gasteiger partial charge in [-0.2, -0.15) is 0 Å². The van der Waals surface area contributed by atoms with Crippen molar-refractivity contribution in [3.63, 3.8) is 0 Å². The summed E-state index contributed by atoms with van der Waals surface area (Å²) in [4.78, 5) is 10.4. The summed E-state index contributed by atoms with van der Waals surface area (Å²) in [6, 6.07) is 5.02. The van der Waals surface area contributed by atoms with Crippen LogP contribution in [0.4, 0.5) is 0 Å². The van der Waals surface area contributed by atoms with Crippen molar-refractivity contribution >= 4 is 11.3 Å². The van der Waals surface area contributed by atoms with E-state index < -0.39 is 0 Å². The van der Waals surface area contributed by atoms with Crippen LogP contribution in [0.3, 0.4) is 0 Å². The topological polar surface area (TPSA) is 40.7 Å². The fourth-order valence-corrected chi connectivity index (χ4v) is 2.52. The maximum atomic E-state index is 4.39. The molecule has 1 aliphatic rings. The van der Waals surface area contributed by atoms with Gasteiger partial charge in [-0.05, 0) is 31.9 Å². The molecule has 0 aliphatic heterocycles. The number of imidazole rings is 1. The van der Waals surface area contributed by atoms with Crippen LogP contribution in [0.15, 0.2) is 18.3 Å². The summed E-state index contributed by atoms with van der Waals surface area (Å²) < 4.78 is 0. The molecule has 0 amide bonds. The second kappa shape index (κ2) is 4.03. The van der Waals surface area contributed by atoms with E-state index in [4.69, 9.17) is 0 Å². The first-order valence-corrected chi connectivity index (χ1v) is 6.47. The number of nitrogens with zero attached hydrogens (tertiary/aromatic N) is 1. The van der Waals surface area contributed by atoms with E-state index in [0.29, 0.717) is 0 Å². The van der Waals surface area contributed by atoms with Crippen LogP contribution in [0.1, 0.15) is 23.5 Å². The smallest absolute Gasteiger partial charge is 0.120 e. The summed E-state index contributed by atoms with van der Waals surface area (Å²) in [5.74, 6) is 1.04. The highest BCUT2D eigenvalue weighted by Gasteiger charge is 2.20. The minimum atomic E-state index is 0.734. The first-order chi connectivity index (χ1) is 7.81. The Morgan fingerprint density at radius 1 is 1.50 bits per heavy atom. The Labute approximate surface area is 98.9 Å². The molecule has 1 saturated carbocycles. The number of hydrogen-bond donors (Lipinski definition) is 2. The lowest BCUT2D eigenvalue weighted by atomic mass is 10.4. The third-order valence-electron chi connectivity index (χ3n) is 2.77. The Kier molecular flexibility index (Phi) is 2.53. The first kappa shape index (κ1) is 10.1.